The summed E-state index contributed by atoms with van der Waals surface area (Å²) in [5.41, 5.74) is 0. The molecule has 1 aliphatic rings. The fraction of sp³-hybridized carbons (Fsp3) is 0.727. The molecule has 1 aromatic rings. The minimum absolute atomic E-state index is 0.288. The van der Waals surface area contributed by atoms with Crippen molar-refractivity contribution < 1.29 is 14.3 Å². The first kappa shape index (κ1) is 12.0. The van der Waals surface area contributed by atoms with Gasteiger partial charge >= 0.3 is 5.97 Å². The van der Waals surface area contributed by atoms with Crippen LogP contribution in [0.4, 0.5) is 0 Å². The highest BCUT2D eigenvalue weighted by molar-refractivity contribution is 5.85. The van der Waals surface area contributed by atoms with Crippen LogP contribution in [-0.2, 0) is 16.0 Å². The van der Waals surface area contributed by atoms with E-state index in [9.17, 15) is 4.79 Å². The molecule has 2 rings (SSSR count). The van der Waals surface area contributed by atoms with Crippen LogP contribution in [-0.4, -0.2) is 40.6 Å². The minimum Gasteiger partial charge on any atom is -0.460 e. The summed E-state index contributed by atoms with van der Waals surface area (Å²) in [5, 5.41) is 7.81. The number of hydrogen-bond acceptors (Lipinski definition) is 5. The van der Waals surface area contributed by atoms with Crippen LogP contribution >= 0.6 is 0 Å². The lowest BCUT2D eigenvalue weighted by Gasteiger charge is -2.11. The van der Waals surface area contributed by atoms with Crippen molar-refractivity contribution in [3.05, 3.63) is 11.6 Å². The van der Waals surface area contributed by atoms with Crippen LogP contribution < -0.4 is 0 Å². The van der Waals surface area contributed by atoms with Crippen molar-refractivity contribution >= 4 is 5.97 Å². The van der Waals surface area contributed by atoms with Gasteiger partial charge in [-0.1, -0.05) is 0 Å². The SMILES string of the molecule is CCOC(=O)c1nnc(C)n1CC1CCOC1. The molecule has 6 nitrogen and oxygen atoms in total. The van der Waals surface area contributed by atoms with E-state index in [0.717, 1.165) is 25.5 Å². The zero-order chi connectivity index (χ0) is 12.3. The van der Waals surface area contributed by atoms with Crippen LogP contribution in [0.3, 0.4) is 0 Å². The predicted molar refractivity (Wildman–Crippen MR) is 59.6 cm³/mol. The molecule has 1 atom stereocenters. The van der Waals surface area contributed by atoms with E-state index in [1.165, 1.54) is 0 Å². The summed E-state index contributed by atoms with van der Waals surface area (Å²) in [5.74, 6) is 1.04. The zero-order valence-electron chi connectivity index (χ0n) is 10.2. The van der Waals surface area contributed by atoms with Gasteiger partial charge in [0.1, 0.15) is 5.82 Å². The molecule has 1 aromatic heterocycles. The molecule has 17 heavy (non-hydrogen) atoms. The van der Waals surface area contributed by atoms with Gasteiger partial charge in [0, 0.05) is 19.1 Å². The van der Waals surface area contributed by atoms with Gasteiger partial charge in [-0.2, -0.15) is 0 Å². The van der Waals surface area contributed by atoms with Crippen molar-refractivity contribution in [1.29, 1.82) is 0 Å². The smallest absolute Gasteiger partial charge is 0.376 e. The van der Waals surface area contributed by atoms with Crippen molar-refractivity contribution in [3.63, 3.8) is 0 Å². The van der Waals surface area contributed by atoms with Gasteiger partial charge in [0.15, 0.2) is 0 Å². The molecular formula is C11H17N3O3. The number of esters is 1. The van der Waals surface area contributed by atoms with Crippen molar-refractivity contribution in [2.24, 2.45) is 5.92 Å². The van der Waals surface area contributed by atoms with Crippen LogP contribution in [0.2, 0.25) is 0 Å². The van der Waals surface area contributed by atoms with E-state index in [0.29, 0.717) is 19.1 Å². The maximum absolute atomic E-state index is 11.7. The topological polar surface area (TPSA) is 66.2 Å². The minimum atomic E-state index is -0.410. The van der Waals surface area contributed by atoms with Gasteiger partial charge in [-0.15, -0.1) is 10.2 Å². The molecule has 0 saturated carbocycles. The van der Waals surface area contributed by atoms with Gasteiger partial charge in [0.05, 0.1) is 13.2 Å². The highest BCUT2D eigenvalue weighted by Gasteiger charge is 2.23. The highest BCUT2D eigenvalue weighted by atomic mass is 16.5. The Kier molecular flexibility index (Phi) is 3.73. The zero-order valence-corrected chi connectivity index (χ0v) is 10.2. The standard InChI is InChI=1S/C11H17N3O3/c1-3-17-11(15)10-13-12-8(2)14(10)6-9-4-5-16-7-9/h9H,3-7H2,1-2H3. The fourth-order valence-corrected chi connectivity index (χ4v) is 1.93. The Morgan fingerprint density at radius 3 is 3.06 bits per heavy atom. The van der Waals surface area contributed by atoms with E-state index in [2.05, 4.69) is 10.2 Å². The monoisotopic (exact) mass is 239 g/mol. The first-order valence-corrected chi connectivity index (χ1v) is 5.87. The Hall–Kier alpha value is -1.43. The van der Waals surface area contributed by atoms with E-state index in [1.807, 2.05) is 11.5 Å². The number of aromatic nitrogens is 3. The Bertz CT molecular complexity index is 397. The van der Waals surface area contributed by atoms with Crippen molar-refractivity contribution in [1.82, 2.24) is 14.8 Å². The Morgan fingerprint density at radius 2 is 2.41 bits per heavy atom. The summed E-state index contributed by atoms with van der Waals surface area (Å²) in [6.07, 6.45) is 1.01. The summed E-state index contributed by atoms with van der Waals surface area (Å²) in [7, 11) is 0. The molecule has 0 aromatic carbocycles. The molecule has 0 amide bonds. The average Bonchev–Trinajstić information content (AvgIpc) is 2.91. The van der Waals surface area contributed by atoms with E-state index in [-0.39, 0.29) is 5.82 Å². The molecule has 0 bridgehead atoms. The first-order valence-electron chi connectivity index (χ1n) is 5.87. The number of hydrogen-bond donors (Lipinski definition) is 0. The quantitative estimate of drug-likeness (QED) is 0.727. The molecule has 0 N–H and O–H groups in total. The number of aryl methyl sites for hydroxylation is 1. The van der Waals surface area contributed by atoms with Gasteiger partial charge in [0.25, 0.3) is 0 Å². The number of carbonyl (C=O) groups is 1. The molecule has 0 radical (unpaired) electrons. The first-order chi connectivity index (χ1) is 8.22. The maximum atomic E-state index is 11.7. The van der Waals surface area contributed by atoms with Crippen LogP contribution in [0.15, 0.2) is 0 Å². The third-order valence-electron chi connectivity index (χ3n) is 2.86. The average molecular weight is 239 g/mol. The second-order valence-electron chi connectivity index (χ2n) is 4.13. The molecule has 0 aliphatic carbocycles. The molecule has 0 spiro atoms. The van der Waals surface area contributed by atoms with Crippen LogP contribution in [0, 0.1) is 12.8 Å². The molecule has 1 saturated heterocycles. The van der Waals surface area contributed by atoms with Crippen molar-refractivity contribution in [2.45, 2.75) is 26.8 Å². The molecule has 2 heterocycles. The Morgan fingerprint density at radius 1 is 1.59 bits per heavy atom. The van der Waals surface area contributed by atoms with Gasteiger partial charge < -0.3 is 14.0 Å². The van der Waals surface area contributed by atoms with Crippen molar-refractivity contribution in [3.8, 4) is 0 Å². The van der Waals surface area contributed by atoms with E-state index in [1.54, 1.807) is 6.92 Å². The third kappa shape index (κ3) is 2.63. The largest absolute Gasteiger partial charge is 0.460 e. The number of carbonyl (C=O) groups excluding carboxylic acids is 1. The summed E-state index contributed by atoms with van der Waals surface area (Å²) >= 11 is 0. The lowest BCUT2D eigenvalue weighted by atomic mass is 10.1. The van der Waals surface area contributed by atoms with Crippen molar-refractivity contribution in [2.75, 3.05) is 19.8 Å². The Balaban J connectivity index is 2.13. The maximum Gasteiger partial charge on any atom is 0.376 e. The van der Waals surface area contributed by atoms with E-state index in [4.69, 9.17) is 9.47 Å². The van der Waals surface area contributed by atoms with E-state index >= 15 is 0 Å². The summed E-state index contributed by atoms with van der Waals surface area (Å²) < 4.78 is 12.1. The lowest BCUT2D eigenvalue weighted by molar-refractivity contribution is 0.0504. The molecule has 1 unspecified atom stereocenters. The normalized spacial score (nSPS) is 19.5. The molecule has 94 valence electrons. The van der Waals surface area contributed by atoms with Crippen LogP contribution in [0.25, 0.3) is 0 Å². The van der Waals surface area contributed by atoms with E-state index < -0.39 is 5.97 Å². The molecule has 6 heteroatoms. The highest BCUT2D eigenvalue weighted by Crippen LogP contribution is 2.16. The number of nitrogens with zero attached hydrogens (tertiary/aromatic N) is 3. The third-order valence-corrected chi connectivity index (χ3v) is 2.86. The van der Waals surface area contributed by atoms with Gasteiger partial charge in [-0.3, -0.25) is 0 Å². The predicted octanol–water partition coefficient (Wildman–Crippen LogP) is 0.800. The number of rotatable bonds is 4. The summed E-state index contributed by atoms with van der Waals surface area (Å²) in [6, 6.07) is 0. The van der Waals surface area contributed by atoms with Gasteiger partial charge in [0.2, 0.25) is 5.82 Å². The molecular weight excluding hydrogens is 222 g/mol. The van der Waals surface area contributed by atoms with Gasteiger partial charge in [-0.05, 0) is 20.3 Å². The number of ether oxygens (including phenoxy) is 2. The Labute approximate surface area is 99.9 Å². The van der Waals surface area contributed by atoms with Crippen LogP contribution in [0.1, 0.15) is 29.8 Å². The second-order valence-corrected chi connectivity index (χ2v) is 4.13. The van der Waals surface area contributed by atoms with Gasteiger partial charge in [-0.25, -0.2) is 4.79 Å². The summed E-state index contributed by atoms with van der Waals surface area (Å²) in [6.45, 7) is 6.20. The van der Waals surface area contributed by atoms with Crippen LogP contribution in [0.5, 0.6) is 0 Å². The molecule has 1 fully saturated rings. The molecule has 1 aliphatic heterocycles. The fourth-order valence-electron chi connectivity index (χ4n) is 1.93. The summed E-state index contributed by atoms with van der Waals surface area (Å²) in [4.78, 5) is 11.7. The second kappa shape index (κ2) is 5.27. The lowest BCUT2D eigenvalue weighted by Crippen LogP contribution is -2.19.